The lowest BCUT2D eigenvalue weighted by Gasteiger charge is -2.34. The van der Waals surface area contributed by atoms with Crippen molar-refractivity contribution in [2.75, 3.05) is 31.1 Å². The number of amides is 1. The second-order valence-electron chi connectivity index (χ2n) is 7.25. The Morgan fingerprint density at radius 1 is 1.07 bits per heavy atom. The first-order chi connectivity index (χ1) is 13.0. The maximum atomic E-state index is 12.9. The van der Waals surface area contributed by atoms with Crippen LogP contribution in [0.2, 0.25) is 0 Å². The number of carbonyl (C=O) groups excluding carboxylic acids is 1. The van der Waals surface area contributed by atoms with Crippen molar-refractivity contribution in [3.63, 3.8) is 0 Å². The Balaban J connectivity index is 1.46. The van der Waals surface area contributed by atoms with Crippen LogP contribution in [0.1, 0.15) is 34.0 Å². The van der Waals surface area contributed by atoms with Crippen LogP contribution in [0.25, 0.3) is 10.2 Å². The summed E-state index contributed by atoms with van der Waals surface area (Å²) >= 11 is 1.75. The van der Waals surface area contributed by atoms with Crippen molar-refractivity contribution in [2.45, 2.75) is 27.2 Å². The van der Waals surface area contributed by atoms with E-state index in [1.807, 2.05) is 24.0 Å². The van der Waals surface area contributed by atoms with Crippen LogP contribution in [-0.2, 0) is 6.42 Å². The summed E-state index contributed by atoms with van der Waals surface area (Å²) in [5.41, 5.74) is 5.49. The molecule has 0 saturated carbocycles. The molecule has 5 heteroatoms. The molecule has 1 amide bonds. The molecule has 2 aromatic carbocycles. The molecule has 0 unspecified atom stereocenters. The van der Waals surface area contributed by atoms with Crippen molar-refractivity contribution < 1.29 is 4.79 Å². The highest BCUT2D eigenvalue weighted by Gasteiger charge is 2.24. The molecule has 0 aliphatic carbocycles. The Kier molecular flexibility index (Phi) is 4.87. The van der Waals surface area contributed by atoms with Gasteiger partial charge < -0.3 is 9.80 Å². The van der Waals surface area contributed by atoms with Crippen LogP contribution in [0.3, 0.4) is 0 Å². The van der Waals surface area contributed by atoms with Gasteiger partial charge in [-0.3, -0.25) is 4.79 Å². The molecule has 3 aromatic rings. The summed E-state index contributed by atoms with van der Waals surface area (Å²) in [6.45, 7) is 9.39. The van der Waals surface area contributed by atoms with Crippen LogP contribution in [0, 0.1) is 13.8 Å². The quantitative estimate of drug-likeness (QED) is 0.675. The zero-order chi connectivity index (χ0) is 19.0. The first-order valence-corrected chi connectivity index (χ1v) is 10.4. The van der Waals surface area contributed by atoms with E-state index in [-0.39, 0.29) is 5.91 Å². The van der Waals surface area contributed by atoms with E-state index in [1.165, 1.54) is 15.8 Å². The van der Waals surface area contributed by atoms with Crippen LogP contribution in [-0.4, -0.2) is 42.0 Å². The zero-order valence-electron chi connectivity index (χ0n) is 16.2. The third kappa shape index (κ3) is 3.56. The number of fused-ring (bicyclic) bond motifs is 1. The van der Waals surface area contributed by atoms with Gasteiger partial charge >= 0.3 is 0 Å². The van der Waals surface area contributed by atoms with Crippen molar-refractivity contribution in [1.29, 1.82) is 0 Å². The van der Waals surface area contributed by atoms with Crippen molar-refractivity contribution in [2.24, 2.45) is 0 Å². The first kappa shape index (κ1) is 18.0. The summed E-state index contributed by atoms with van der Waals surface area (Å²) in [4.78, 5) is 22.0. The van der Waals surface area contributed by atoms with Gasteiger partial charge in [-0.2, -0.15) is 0 Å². The van der Waals surface area contributed by atoms with Crippen LogP contribution in [0.4, 0.5) is 5.13 Å². The van der Waals surface area contributed by atoms with E-state index in [1.54, 1.807) is 11.3 Å². The van der Waals surface area contributed by atoms with Crippen molar-refractivity contribution in [3.05, 3.63) is 58.7 Å². The summed E-state index contributed by atoms with van der Waals surface area (Å²) in [7, 11) is 0. The Morgan fingerprint density at radius 2 is 1.85 bits per heavy atom. The number of anilines is 1. The molecule has 1 saturated heterocycles. The molecule has 0 radical (unpaired) electrons. The average molecular weight is 380 g/mol. The highest BCUT2D eigenvalue weighted by Crippen LogP contribution is 2.30. The number of piperazine rings is 1. The standard InChI is InChI=1S/C22H25N3OS/c1-4-17-6-8-19-20(14-17)27-22(23-19)25-11-9-24(10-12-25)21(26)18-7-5-15(2)13-16(18)3/h5-8,13-14H,4,9-12H2,1-3H3. The van der Waals surface area contributed by atoms with E-state index in [2.05, 4.69) is 43.0 Å². The fourth-order valence-corrected chi connectivity index (χ4v) is 4.72. The molecule has 27 heavy (non-hydrogen) atoms. The molecular formula is C22H25N3OS. The van der Waals surface area contributed by atoms with Crippen LogP contribution in [0.15, 0.2) is 36.4 Å². The summed E-state index contributed by atoms with van der Waals surface area (Å²) < 4.78 is 1.25. The molecular weight excluding hydrogens is 354 g/mol. The van der Waals surface area contributed by atoms with Crippen LogP contribution < -0.4 is 4.90 Å². The second kappa shape index (κ2) is 7.31. The SMILES string of the molecule is CCc1ccc2nc(N3CCN(C(=O)c4ccc(C)cc4C)CC3)sc2c1. The van der Waals surface area contributed by atoms with Crippen molar-refractivity contribution in [3.8, 4) is 0 Å². The van der Waals surface area contributed by atoms with Gasteiger partial charge in [-0.15, -0.1) is 0 Å². The Labute approximate surface area is 164 Å². The van der Waals surface area contributed by atoms with Gasteiger partial charge in [0.2, 0.25) is 0 Å². The Morgan fingerprint density at radius 3 is 2.56 bits per heavy atom. The normalized spacial score (nSPS) is 14.8. The number of rotatable bonds is 3. The van der Waals surface area contributed by atoms with E-state index in [0.29, 0.717) is 0 Å². The van der Waals surface area contributed by atoms with E-state index in [0.717, 1.165) is 54.4 Å². The molecule has 4 nitrogen and oxygen atoms in total. The number of hydrogen-bond acceptors (Lipinski definition) is 4. The lowest BCUT2D eigenvalue weighted by atomic mass is 10.0. The van der Waals surface area contributed by atoms with Gasteiger partial charge in [0.25, 0.3) is 5.91 Å². The van der Waals surface area contributed by atoms with Crippen LogP contribution in [0.5, 0.6) is 0 Å². The highest BCUT2D eigenvalue weighted by molar-refractivity contribution is 7.22. The number of carbonyl (C=O) groups is 1. The molecule has 0 atom stereocenters. The predicted molar refractivity (Wildman–Crippen MR) is 113 cm³/mol. The van der Waals surface area contributed by atoms with Gasteiger partial charge in [0, 0.05) is 31.7 Å². The lowest BCUT2D eigenvalue weighted by molar-refractivity contribution is 0.0746. The molecule has 4 rings (SSSR count). The maximum absolute atomic E-state index is 12.9. The molecule has 2 heterocycles. The third-order valence-corrected chi connectivity index (χ3v) is 6.38. The fraction of sp³-hybridized carbons (Fsp3) is 0.364. The van der Waals surface area contributed by atoms with Gasteiger partial charge in [0.1, 0.15) is 0 Å². The summed E-state index contributed by atoms with van der Waals surface area (Å²) in [5, 5.41) is 1.07. The minimum Gasteiger partial charge on any atom is -0.345 e. The topological polar surface area (TPSA) is 36.4 Å². The zero-order valence-corrected chi connectivity index (χ0v) is 17.0. The number of hydrogen-bond donors (Lipinski definition) is 0. The fourth-order valence-electron chi connectivity index (χ4n) is 3.64. The van der Waals surface area contributed by atoms with E-state index in [4.69, 9.17) is 4.98 Å². The van der Waals surface area contributed by atoms with E-state index >= 15 is 0 Å². The summed E-state index contributed by atoms with van der Waals surface area (Å²) in [6, 6.07) is 12.6. The number of benzene rings is 2. The number of aryl methyl sites for hydroxylation is 3. The monoisotopic (exact) mass is 379 g/mol. The number of thiazole rings is 1. The second-order valence-corrected chi connectivity index (χ2v) is 8.26. The summed E-state index contributed by atoms with van der Waals surface area (Å²) in [6.07, 6.45) is 1.04. The minimum atomic E-state index is 0.143. The van der Waals surface area contributed by atoms with E-state index in [9.17, 15) is 4.79 Å². The molecule has 0 bridgehead atoms. The van der Waals surface area contributed by atoms with Crippen molar-refractivity contribution >= 4 is 32.6 Å². The molecule has 1 aliphatic heterocycles. The molecule has 1 fully saturated rings. The molecule has 1 aliphatic rings. The number of aromatic nitrogens is 1. The minimum absolute atomic E-state index is 0.143. The van der Waals surface area contributed by atoms with Gasteiger partial charge in [0.05, 0.1) is 10.2 Å². The van der Waals surface area contributed by atoms with Crippen molar-refractivity contribution in [1.82, 2.24) is 9.88 Å². The highest BCUT2D eigenvalue weighted by atomic mass is 32.1. The Hall–Kier alpha value is -2.40. The molecule has 1 aromatic heterocycles. The van der Waals surface area contributed by atoms with Gasteiger partial charge in [-0.05, 0) is 49.6 Å². The van der Waals surface area contributed by atoms with Gasteiger partial charge in [-0.25, -0.2) is 4.98 Å². The van der Waals surface area contributed by atoms with Crippen LogP contribution >= 0.6 is 11.3 Å². The Bertz CT molecular complexity index is 986. The average Bonchev–Trinajstić information content (AvgIpc) is 3.11. The summed E-state index contributed by atoms with van der Waals surface area (Å²) in [5.74, 6) is 0.143. The smallest absolute Gasteiger partial charge is 0.254 e. The third-order valence-electron chi connectivity index (χ3n) is 5.30. The maximum Gasteiger partial charge on any atom is 0.254 e. The lowest BCUT2D eigenvalue weighted by Crippen LogP contribution is -2.48. The molecule has 0 spiro atoms. The largest absolute Gasteiger partial charge is 0.345 e. The predicted octanol–water partition coefficient (Wildman–Crippen LogP) is 4.44. The number of nitrogens with zero attached hydrogens (tertiary/aromatic N) is 3. The van der Waals surface area contributed by atoms with E-state index < -0.39 is 0 Å². The molecule has 140 valence electrons. The van der Waals surface area contributed by atoms with Gasteiger partial charge in [0.15, 0.2) is 5.13 Å². The first-order valence-electron chi connectivity index (χ1n) is 9.56. The van der Waals surface area contributed by atoms with Gasteiger partial charge in [-0.1, -0.05) is 42.0 Å². The molecule has 0 N–H and O–H groups in total.